The van der Waals surface area contributed by atoms with Crippen molar-refractivity contribution < 1.29 is 14.4 Å². The van der Waals surface area contributed by atoms with Gasteiger partial charge in [-0.15, -0.1) is 0 Å². The van der Waals surface area contributed by atoms with E-state index in [-0.39, 0.29) is 11.9 Å². The predicted molar refractivity (Wildman–Crippen MR) is 107 cm³/mol. The highest BCUT2D eigenvalue weighted by molar-refractivity contribution is 6.39. The Morgan fingerprint density at radius 2 is 1.71 bits per heavy atom. The first-order chi connectivity index (χ1) is 13.5. The molecular formula is C22H23N3O3. The van der Waals surface area contributed by atoms with E-state index in [2.05, 4.69) is 10.6 Å². The molecule has 0 radical (unpaired) electrons. The third kappa shape index (κ3) is 3.50. The fourth-order valence-electron chi connectivity index (χ4n) is 4.00. The molecule has 1 atom stereocenters. The number of amides is 3. The van der Waals surface area contributed by atoms with Crippen LogP contribution < -0.4 is 15.5 Å². The average molecular weight is 377 g/mol. The molecule has 3 amide bonds. The van der Waals surface area contributed by atoms with Crippen molar-refractivity contribution in [2.45, 2.75) is 38.6 Å². The Balaban J connectivity index is 1.48. The van der Waals surface area contributed by atoms with Crippen LogP contribution in [0.25, 0.3) is 0 Å². The Kier molecular flexibility index (Phi) is 4.86. The van der Waals surface area contributed by atoms with Gasteiger partial charge in [-0.1, -0.05) is 30.3 Å². The number of nitrogens with zero attached hydrogens (tertiary/aromatic N) is 1. The van der Waals surface area contributed by atoms with Crippen molar-refractivity contribution in [3.8, 4) is 0 Å². The summed E-state index contributed by atoms with van der Waals surface area (Å²) in [5, 5.41) is 5.45. The van der Waals surface area contributed by atoms with Crippen LogP contribution in [0.1, 0.15) is 42.5 Å². The van der Waals surface area contributed by atoms with Crippen molar-refractivity contribution >= 4 is 29.1 Å². The minimum Gasteiger partial charge on any atom is -0.341 e. The zero-order valence-corrected chi connectivity index (χ0v) is 15.8. The molecule has 2 N–H and O–H groups in total. The van der Waals surface area contributed by atoms with E-state index in [1.807, 2.05) is 54.3 Å². The summed E-state index contributed by atoms with van der Waals surface area (Å²) in [4.78, 5) is 38.7. The van der Waals surface area contributed by atoms with E-state index in [0.29, 0.717) is 18.5 Å². The minimum absolute atomic E-state index is 0.166. The Hall–Kier alpha value is -3.15. The van der Waals surface area contributed by atoms with Crippen LogP contribution in [0.15, 0.2) is 42.5 Å². The summed E-state index contributed by atoms with van der Waals surface area (Å²) in [5.41, 5.74) is 4.67. The lowest BCUT2D eigenvalue weighted by Gasteiger charge is -2.35. The highest BCUT2D eigenvalue weighted by Gasteiger charge is 2.30. The van der Waals surface area contributed by atoms with Gasteiger partial charge in [0.25, 0.3) is 0 Å². The monoisotopic (exact) mass is 377 g/mol. The Morgan fingerprint density at radius 3 is 2.46 bits per heavy atom. The van der Waals surface area contributed by atoms with Gasteiger partial charge >= 0.3 is 11.8 Å². The number of rotatable bonds is 3. The summed E-state index contributed by atoms with van der Waals surface area (Å²) in [6.07, 6.45) is 2.93. The molecule has 2 aromatic rings. The number of hydrogen-bond acceptors (Lipinski definition) is 3. The van der Waals surface area contributed by atoms with Crippen molar-refractivity contribution in [2.24, 2.45) is 0 Å². The van der Waals surface area contributed by atoms with Gasteiger partial charge in [-0.25, -0.2) is 0 Å². The van der Waals surface area contributed by atoms with Crippen molar-refractivity contribution in [1.82, 2.24) is 5.32 Å². The van der Waals surface area contributed by atoms with Gasteiger partial charge in [0.05, 0.1) is 11.7 Å². The second-order valence-electron chi connectivity index (χ2n) is 7.35. The number of nitrogens with one attached hydrogen (secondary N) is 2. The van der Waals surface area contributed by atoms with Crippen LogP contribution in [0.2, 0.25) is 0 Å². The van der Waals surface area contributed by atoms with E-state index in [4.69, 9.17) is 0 Å². The number of hydrogen-bond donors (Lipinski definition) is 2. The lowest BCUT2D eigenvalue weighted by molar-refractivity contribution is -0.136. The van der Waals surface area contributed by atoms with E-state index in [9.17, 15) is 14.4 Å². The van der Waals surface area contributed by atoms with Crippen LogP contribution in [0, 0.1) is 0 Å². The van der Waals surface area contributed by atoms with Crippen molar-refractivity contribution in [1.29, 1.82) is 0 Å². The summed E-state index contributed by atoms with van der Waals surface area (Å²) in [5.74, 6) is -1.19. The third-order valence-electron chi connectivity index (χ3n) is 5.39. The molecule has 6 heteroatoms. The molecule has 0 saturated carbocycles. The largest absolute Gasteiger partial charge is 0.341 e. The van der Waals surface area contributed by atoms with Crippen LogP contribution in [-0.2, 0) is 27.2 Å². The molecule has 2 aliphatic rings. The van der Waals surface area contributed by atoms with E-state index in [0.717, 1.165) is 41.8 Å². The van der Waals surface area contributed by atoms with Gasteiger partial charge < -0.3 is 15.5 Å². The van der Waals surface area contributed by atoms with E-state index < -0.39 is 11.8 Å². The molecular weight excluding hydrogens is 354 g/mol. The third-order valence-corrected chi connectivity index (χ3v) is 5.39. The number of anilines is 2. The molecule has 0 spiro atoms. The molecule has 0 bridgehead atoms. The Bertz CT molecular complexity index is 922. The molecule has 28 heavy (non-hydrogen) atoms. The molecule has 2 aromatic carbocycles. The van der Waals surface area contributed by atoms with E-state index >= 15 is 0 Å². The van der Waals surface area contributed by atoms with Crippen LogP contribution in [-0.4, -0.2) is 24.3 Å². The maximum absolute atomic E-state index is 12.4. The summed E-state index contributed by atoms with van der Waals surface area (Å²) < 4.78 is 0. The fraction of sp³-hybridized carbons (Fsp3) is 0.318. The average Bonchev–Trinajstić information content (AvgIpc) is 2.71. The number of carbonyl (C=O) groups is 3. The number of carbonyl (C=O) groups excluding carboxylic acids is 3. The first-order valence-electron chi connectivity index (χ1n) is 9.66. The second-order valence-corrected chi connectivity index (χ2v) is 7.35. The normalized spacial score (nSPS) is 16.2. The molecule has 6 nitrogen and oxygen atoms in total. The van der Waals surface area contributed by atoms with Crippen LogP contribution >= 0.6 is 0 Å². The molecule has 2 heterocycles. The Labute approximate surface area is 163 Å². The second kappa shape index (κ2) is 7.46. The molecule has 144 valence electrons. The number of benzene rings is 2. The summed E-state index contributed by atoms with van der Waals surface area (Å²) >= 11 is 0. The summed E-state index contributed by atoms with van der Waals surface area (Å²) in [7, 11) is 0. The molecule has 0 fully saturated rings. The standard InChI is InChI=1S/C22H23N3O3/c1-14(15-6-3-2-4-7-15)23-21(27)22(28)24-18-12-16-8-5-11-25-19(26)10-9-17(13-18)20(16)25/h2-4,6-7,12-14H,5,8-11H2,1H3,(H,23,27)(H,24,28)/t14-/m0/s1. The van der Waals surface area contributed by atoms with Crippen molar-refractivity contribution in [3.05, 3.63) is 59.2 Å². The molecule has 4 rings (SSSR count). The zero-order chi connectivity index (χ0) is 19.7. The molecule has 0 saturated heterocycles. The Morgan fingerprint density at radius 1 is 1.00 bits per heavy atom. The van der Waals surface area contributed by atoms with Gasteiger partial charge in [-0.2, -0.15) is 0 Å². The maximum Gasteiger partial charge on any atom is 0.313 e. The predicted octanol–water partition coefficient (Wildman–Crippen LogP) is 2.73. The summed E-state index contributed by atoms with van der Waals surface area (Å²) in [6, 6.07) is 13.0. The zero-order valence-electron chi connectivity index (χ0n) is 15.8. The fourth-order valence-corrected chi connectivity index (χ4v) is 4.00. The van der Waals surface area contributed by atoms with Crippen LogP contribution in [0.5, 0.6) is 0 Å². The van der Waals surface area contributed by atoms with Crippen molar-refractivity contribution in [2.75, 3.05) is 16.8 Å². The van der Waals surface area contributed by atoms with Crippen molar-refractivity contribution in [3.63, 3.8) is 0 Å². The minimum atomic E-state index is -0.686. The highest BCUT2D eigenvalue weighted by atomic mass is 16.2. The van der Waals surface area contributed by atoms with Gasteiger partial charge in [-0.05, 0) is 55.0 Å². The molecule has 0 aliphatic carbocycles. The quantitative estimate of drug-likeness (QED) is 0.808. The van der Waals surface area contributed by atoms with Gasteiger partial charge in [0.15, 0.2) is 0 Å². The SMILES string of the molecule is C[C@H](NC(=O)C(=O)Nc1cc2c3c(c1)CCC(=O)N3CCC2)c1ccccc1. The lowest BCUT2D eigenvalue weighted by Crippen LogP contribution is -2.39. The first kappa shape index (κ1) is 18.2. The van der Waals surface area contributed by atoms with Gasteiger partial charge in [-0.3, -0.25) is 14.4 Å². The molecule has 0 unspecified atom stereocenters. The van der Waals surface area contributed by atoms with Crippen LogP contribution in [0.3, 0.4) is 0 Å². The smallest absolute Gasteiger partial charge is 0.313 e. The van der Waals surface area contributed by atoms with Gasteiger partial charge in [0.2, 0.25) is 5.91 Å². The molecule has 0 aromatic heterocycles. The van der Waals surface area contributed by atoms with Gasteiger partial charge in [0, 0.05) is 18.7 Å². The van der Waals surface area contributed by atoms with E-state index in [1.54, 1.807) is 0 Å². The van der Waals surface area contributed by atoms with Crippen LogP contribution in [0.4, 0.5) is 11.4 Å². The lowest BCUT2D eigenvalue weighted by atomic mass is 9.91. The molecule has 2 aliphatic heterocycles. The van der Waals surface area contributed by atoms with Gasteiger partial charge in [0.1, 0.15) is 0 Å². The summed E-state index contributed by atoms with van der Waals surface area (Å²) in [6.45, 7) is 2.60. The highest BCUT2D eigenvalue weighted by Crippen LogP contribution is 2.37. The number of aryl methyl sites for hydroxylation is 2. The van der Waals surface area contributed by atoms with E-state index in [1.165, 1.54) is 0 Å². The maximum atomic E-state index is 12.4. The first-order valence-corrected chi connectivity index (χ1v) is 9.66. The topological polar surface area (TPSA) is 78.5 Å².